The molecule has 0 fully saturated rings. The standard InChI is InChI=1S/C14H15FN2O2S/c1-9-6-7-13(10(2)8-9)17-20(18,19)14-11(15)4-3-5-12(14)16/h3-8,17H,16H2,1-2H3. The lowest BCUT2D eigenvalue weighted by Crippen LogP contribution is -2.17. The summed E-state index contributed by atoms with van der Waals surface area (Å²) in [6, 6.07) is 9.02. The Morgan fingerprint density at radius 2 is 1.85 bits per heavy atom. The maximum atomic E-state index is 13.7. The maximum Gasteiger partial charge on any atom is 0.266 e. The van der Waals surface area contributed by atoms with Gasteiger partial charge in [-0.3, -0.25) is 4.72 Å². The van der Waals surface area contributed by atoms with Crippen LogP contribution in [0.1, 0.15) is 11.1 Å². The second kappa shape index (κ2) is 5.13. The van der Waals surface area contributed by atoms with Crippen LogP contribution in [0.15, 0.2) is 41.3 Å². The van der Waals surface area contributed by atoms with Crippen molar-refractivity contribution < 1.29 is 12.8 Å². The molecule has 0 aliphatic heterocycles. The number of aryl methyl sites for hydroxylation is 2. The molecule has 0 radical (unpaired) electrons. The van der Waals surface area contributed by atoms with Gasteiger partial charge in [0.15, 0.2) is 0 Å². The van der Waals surface area contributed by atoms with Crippen LogP contribution in [0.25, 0.3) is 0 Å². The lowest BCUT2D eigenvalue weighted by Gasteiger charge is -2.13. The van der Waals surface area contributed by atoms with Gasteiger partial charge in [0.25, 0.3) is 10.0 Å². The van der Waals surface area contributed by atoms with Crippen molar-refractivity contribution in [3.8, 4) is 0 Å². The highest BCUT2D eigenvalue weighted by Crippen LogP contribution is 2.26. The number of nitrogens with one attached hydrogen (secondary N) is 1. The van der Waals surface area contributed by atoms with Crippen LogP contribution in [0.3, 0.4) is 0 Å². The van der Waals surface area contributed by atoms with Crippen molar-refractivity contribution in [1.29, 1.82) is 0 Å². The van der Waals surface area contributed by atoms with E-state index in [4.69, 9.17) is 5.73 Å². The van der Waals surface area contributed by atoms with E-state index in [-0.39, 0.29) is 5.69 Å². The first-order valence-electron chi connectivity index (χ1n) is 5.95. The van der Waals surface area contributed by atoms with Crippen LogP contribution in [-0.4, -0.2) is 8.42 Å². The first kappa shape index (κ1) is 14.3. The number of anilines is 2. The van der Waals surface area contributed by atoms with E-state index in [0.717, 1.165) is 17.2 Å². The topological polar surface area (TPSA) is 72.2 Å². The van der Waals surface area contributed by atoms with E-state index < -0.39 is 20.7 Å². The molecule has 2 aromatic carbocycles. The van der Waals surface area contributed by atoms with Gasteiger partial charge >= 0.3 is 0 Å². The number of rotatable bonds is 3. The predicted octanol–water partition coefficient (Wildman–Crippen LogP) is 2.83. The Hall–Kier alpha value is -2.08. The van der Waals surface area contributed by atoms with E-state index in [9.17, 15) is 12.8 Å². The lowest BCUT2D eigenvalue weighted by molar-refractivity contribution is 0.572. The van der Waals surface area contributed by atoms with E-state index in [0.29, 0.717) is 5.69 Å². The van der Waals surface area contributed by atoms with Gasteiger partial charge in [-0.25, -0.2) is 12.8 Å². The fourth-order valence-corrected chi connectivity index (χ4v) is 3.26. The highest BCUT2D eigenvalue weighted by molar-refractivity contribution is 7.92. The molecule has 4 nitrogen and oxygen atoms in total. The van der Waals surface area contributed by atoms with E-state index in [2.05, 4.69) is 4.72 Å². The van der Waals surface area contributed by atoms with Gasteiger partial charge in [0.05, 0.1) is 11.4 Å². The summed E-state index contributed by atoms with van der Waals surface area (Å²) in [6.45, 7) is 3.68. The molecule has 6 heteroatoms. The summed E-state index contributed by atoms with van der Waals surface area (Å²) in [5.74, 6) is -0.873. The summed E-state index contributed by atoms with van der Waals surface area (Å²) in [7, 11) is -4.06. The fourth-order valence-electron chi connectivity index (χ4n) is 1.93. The average molecular weight is 294 g/mol. The van der Waals surface area contributed by atoms with Gasteiger partial charge in [0.2, 0.25) is 0 Å². The average Bonchev–Trinajstić information content (AvgIpc) is 2.32. The van der Waals surface area contributed by atoms with Gasteiger partial charge < -0.3 is 5.73 Å². The summed E-state index contributed by atoms with van der Waals surface area (Å²) in [5.41, 5.74) is 7.61. The van der Waals surface area contributed by atoms with Gasteiger partial charge in [0.1, 0.15) is 10.7 Å². The molecule has 0 aliphatic rings. The van der Waals surface area contributed by atoms with Crippen LogP contribution in [-0.2, 0) is 10.0 Å². The van der Waals surface area contributed by atoms with E-state index >= 15 is 0 Å². The molecule has 0 aliphatic carbocycles. The number of hydrogen-bond donors (Lipinski definition) is 2. The first-order chi connectivity index (χ1) is 9.31. The van der Waals surface area contributed by atoms with Crippen LogP contribution in [0.4, 0.5) is 15.8 Å². The zero-order valence-electron chi connectivity index (χ0n) is 11.1. The molecule has 0 spiro atoms. The van der Waals surface area contributed by atoms with Gasteiger partial charge in [-0.2, -0.15) is 0 Å². The zero-order chi connectivity index (χ0) is 14.9. The lowest BCUT2D eigenvalue weighted by atomic mass is 10.1. The van der Waals surface area contributed by atoms with Crippen LogP contribution >= 0.6 is 0 Å². The van der Waals surface area contributed by atoms with Crippen LogP contribution in [0.2, 0.25) is 0 Å². The molecule has 2 rings (SSSR count). The summed E-state index contributed by atoms with van der Waals surface area (Å²) in [6.07, 6.45) is 0. The van der Waals surface area contributed by atoms with Crippen molar-refractivity contribution in [3.63, 3.8) is 0 Å². The smallest absolute Gasteiger partial charge is 0.266 e. The minimum atomic E-state index is -4.06. The molecule has 20 heavy (non-hydrogen) atoms. The van der Waals surface area contributed by atoms with Crippen LogP contribution in [0, 0.1) is 19.7 Å². The summed E-state index contributed by atoms with van der Waals surface area (Å²) < 4.78 is 40.6. The number of nitrogens with two attached hydrogens (primary N) is 1. The molecular weight excluding hydrogens is 279 g/mol. The molecule has 0 saturated carbocycles. The van der Waals surface area contributed by atoms with Gasteiger partial charge in [-0.05, 0) is 37.6 Å². The second-order valence-corrected chi connectivity index (χ2v) is 6.20. The normalized spacial score (nSPS) is 11.3. The van der Waals surface area contributed by atoms with Gasteiger partial charge in [-0.1, -0.05) is 23.8 Å². The summed E-state index contributed by atoms with van der Waals surface area (Å²) >= 11 is 0. The van der Waals surface area contributed by atoms with Crippen molar-refractivity contribution in [2.45, 2.75) is 18.7 Å². The molecule has 3 N–H and O–H groups in total. The highest BCUT2D eigenvalue weighted by atomic mass is 32.2. The molecule has 0 aromatic heterocycles. The minimum Gasteiger partial charge on any atom is -0.398 e. The largest absolute Gasteiger partial charge is 0.398 e. The minimum absolute atomic E-state index is 0.123. The van der Waals surface area contributed by atoms with E-state index in [1.807, 2.05) is 13.0 Å². The molecule has 0 unspecified atom stereocenters. The molecule has 0 atom stereocenters. The molecule has 0 amide bonds. The van der Waals surface area contributed by atoms with E-state index in [1.165, 1.54) is 12.1 Å². The second-order valence-electron chi connectivity index (χ2n) is 4.58. The number of halogens is 1. The third-order valence-corrected chi connectivity index (χ3v) is 4.35. The molecule has 106 valence electrons. The third-order valence-electron chi connectivity index (χ3n) is 2.89. The zero-order valence-corrected chi connectivity index (χ0v) is 12.0. The van der Waals surface area contributed by atoms with Gasteiger partial charge in [0, 0.05) is 0 Å². The van der Waals surface area contributed by atoms with Crippen molar-refractivity contribution >= 4 is 21.4 Å². The Bertz CT molecular complexity index is 738. The van der Waals surface area contributed by atoms with Crippen molar-refractivity contribution in [2.75, 3.05) is 10.5 Å². The SMILES string of the molecule is Cc1ccc(NS(=O)(=O)c2c(N)cccc2F)c(C)c1. The fraction of sp³-hybridized carbons (Fsp3) is 0.143. The highest BCUT2D eigenvalue weighted by Gasteiger charge is 2.22. The summed E-state index contributed by atoms with van der Waals surface area (Å²) in [4.78, 5) is -0.528. The van der Waals surface area contributed by atoms with Crippen molar-refractivity contribution in [3.05, 3.63) is 53.3 Å². The summed E-state index contributed by atoms with van der Waals surface area (Å²) in [5, 5.41) is 0. The van der Waals surface area contributed by atoms with Crippen LogP contribution < -0.4 is 10.5 Å². The number of nitrogen functional groups attached to an aromatic ring is 1. The molecule has 2 aromatic rings. The third kappa shape index (κ3) is 2.75. The predicted molar refractivity (Wildman–Crippen MR) is 77.5 cm³/mol. The quantitative estimate of drug-likeness (QED) is 0.855. The Morgan fingerprint density at radius 3 is 2.45 bits per heavy atom. The molecule has 0 bridgehead atoms. The molecule has 0 saturated heterocycles. The molecule has 0 heterocycles. The van der Waals surface area contributed by atoms with Crippen molar-refractivity contribution in [2.24, 2.45) is 0 Å². The van der Waals surface area contributed by atoms with Crippen LogP contribution in [0.5, 0.6) is 0 Å². The Morgan fingerprint density at radius 1 is 1.15 bits per heavy atom. The maximum absolute atomic E-state index is 13.7. The monoisotopic (exact) mass is 294 g/mol. The number of sulfonamides is 1. The van der Waals surface area contributed by atoms with E-state index in [1.54, 1.807) is 19.1 Å². The number of hydrogen-bond acceptors (Lipinski definition) is 3. The van der Waals surface area contributed by atoms with Gasteiger partial charge in [-0.15, -0.1) is 0 Å². The van der Waals surface area contributed by atoms with Crippen molar-refractivity contribution in [1.82, 2.24) is 0 Å². The first-order valence-corrected chi connectivity index (χ1v) is 7.43. The Balaban J connectivity index is 2.46. The number of benzene rings is 2. The Labute approximate surface area is 117 Å². The Kier molecular flexibility index (Phi) is 3.67. The molecular formula is C14H15FN2O2S.